The zero-order valence-electron chi connectivity index (χ0n) is 20.9. The van der Waals surface area contributed by atoms with E-state index < -0.39 is 21.5 Å². The maximum atomic E-state index is 13.1. The van der Waals surface area contributed by atoms with Crippen LogP contribution in [0.1, 0.15) is 27.0 Å². The summed E-state index contributed by atoms with van der Waals surface area (Å²) in [6, 6.07) is 15.5. The summed E-state index contributed by atoms with van der Waals surface area (Å²) in [7, 11) is -2.54. The number of rotatable bonds is 7. The van der Waals surface area contributed by atoms with Crippen LogP contribution in [0.5, 0.6) is 0 Å². The lowest BCUT2D eigenvalue weighted by Gasteiger charge is -2.40. The zero-order chi connectivity index (χ0) is 27.0. The van der Waals surface area contributed by atoms with Crippen molar-refractivity contribution in [2.45, 2.75) is 31.2 Å². The number of benzene rings is 3. The predicted octanol–water partition coefficient (Wildman–Crippen LogP) is 3.98. The molecular weight excluding hydrogens is 514 g/mol. The molecule has 0 unspecified atom stereocenters. The molecule has 3 aromatic rings. The number of anilines is 1. The molecule has 0 radical (unpaired) electrons. The van der Waals surface area contributed by atoms with Crippen LogP contribution in [0.4, 0.5) is 5.69 Å². The third kappa shape index (κ3) is 5.34. The van der Waals surface area contributed by atoms with Crippen molar-refractivity contribution in [3.63, 3.8) is 0 Å². The number of ether oxygens (including phenoxy) is 1. The van der Waals surface area contributed by atoms with Gasteiger partial charge in [-0.25, -0.2) is 13.2 Å². The van der Waals surface area contributed by atoms with E-state index in [-0.39, 0.29) is 10.8 Å². The fourth-order valence-electron chi connectivity index (χ4n) is 4.25. The number of carbonyl (C=O) groups is 2. The van der Waals surface area contributed by atoms with Gasteiger partial charge in [0.15, 0.2) is 5.54 Å². The smallest absolute Gasteiger partial charge is 0.334 e. The molecule has 8 nitrogen and oxygen atoms in total. The first-order valence-corrected chi connectivity index (χ1v) is 13.4. The van der Waals surface area contributed by atoms with Crippen molar-refractivity contribution in [1.29, 1.82) is 0 Å². The fraction of sp³-hybridized carbons (Fsp3) is 0.259. The van der Waals surface area contributed by atoms with E-state index in [0.717, 1.165) is 11.1 Å². The third-order valence-corrected chi connectivity index (χ3v) is 8.38. The predicted molar refractivity (Wildman–Crippen MR) is 143 cm³/mol. The van der Waals surface area contributed by atoms with Gasteiger partial charge < -0.3 is 15.4 Å². The Bertz CT molecular complexity index is 1500. The molecule has 0 aliphatic carbocycles. The van der Waals surface area contributed by atoms with E-state index >= 15 is 0 Å². The summed E-state index contributed by atoms with van der Waals surface area (Å²) in [6.07, 6.45) is 0. The number of hydrogen-bond donors (Lipinski definition) is 3. The first-order valence-electron chi connectivity index (χ1n) is 11.6. The number of amides is 1. The van der Waals surface area contributed by atoms with Gasteiger partial charge in [0, 0.05) is 29.4 Å². The summed E-state index contributed by atoms with van der Waals surface area (Å²) >= 11 is 6.13. The molecule has 1 amide bonds. The summed E-state index contributed by atoms with van der Waals surface area (Å²) in [4.78, 5) is 25.2. The zero-order valence-corrected chi connectivity index (χ0v) is 22.5. The first kappa shape index (κ1) is 26.7. The van der Waals surface area contributed by atoms with E-state index in [1.54, 1.807) is 63.2 Å². The molecule has 1 fully saturated rings. The monoisotopic (exact) mass is 541 g/mol. The molecule has 10 heteroatoms. The number of carbonyl (C=O) groups excluding carboxylic acids is 2. The van der Waals surface area contributed by atoms with Crippen LogP contribution in [0.25, 0.3) is 11.1 Å². The topological polar surface area (TPSA) is 114 Å². The normalized spacial score (nSPS) is 14.4. The molecule has 194 valence electrons. The molecule has 0 bridgehead atoms. The molecule has 1 heterocycles. The van der Waals surface area contributed by atoms with Crippen molar-refractivity contribution in [3.8, 4) is 11.1 Å². The minimum absolute atomic E-state index is 0.164. The summed E-state index contributed by atoms with van der Waals surface area (Å²) in [5.74, 6) is -0.858. The van der Waals surface area contributed by atoms with Crippen LogP contribution in [0.2, 0.25) is 5.02 Å². The Kier molecular flexibility index (Phi) is 7.32. The van der Waals surface area contributed by atoms with Crippen LogP contribution in [-0.2, 0) is 19.6 Å². The van der Waals surface area contributed by atoms with Gasteiger partial charge in [0.25, 0.3) is 15.9 Å². The molecule has 1 aliphatic heterocycles. The molecule has 37 heavy (non-hydrogen) atoms. The Morgan fingerprint density at radius 2 is 1.65 bits per heavy atom. The molecule has 0 atom stereocenters. The lowest BCUT2D eigenvalue weighted by atomic mass is 9.91. The molecule has 0 aromatic heterocycles. The van der Waals surface area contributed by atoms with E-state index in [9.17, 15) is 18.0 Å². The second kappa shape index (κ2) is 10.2. The van der Waals surface area contributed by atoms with Crippen molar-refractivity contribution in [1.82, 2.24) is 10.6 Å². The Hall–Kier alpha value is -3.40. The van der Waals surface area contributed by atoms with Crippen LogP contribution >= 0.6 is 11.6 Å². The Balaban J connectivity index is 1.56. The quantitative estimate of drug-likeness (QED) is 0.390. The maximum absolute atomic E-state index is 13.1. The lowest BCUT2D eigenvalue weighted by Crippen LogP contribution is -2.73. The van der Waals surface area contributed by atoms with Crippen LogP contribution in [0.3, 0.4) is 0 Å². The summed E-state index contributed by atoms with van der Waals surface area (Å²) in [5.41, 5.74) is 3.28. The van der Waals surface area contributed by atoms with Crippen molar-refractivity contribution in [2.75, 3.05) is 24.9 Å². The van der Waals surface area contributed by atoms with E-state index in [2.05, 4.69) is 15.4 Å². The fourth-order valence-corrected chi connectivity index (χ4v) is 5.83. The van der Waals surface area contributed by atoms with Gasteiger partial charge in [-0.2, -0.15) is 0 Å². The number of hydrogen-bond acceptors (Lipinski definition) is 6. The Morgan fingerprint density at radius 3 is 2.27 bits per heavy atom. The van der Waals surface area contributed by atoms with E-state index in [0.29, 0.717) is 46.1 Å². The largest absolute Gasteiger partial charge is 0.467 e. The molecule has 0 spiro atoms. The van der Waals surface area contributed by atoms with Crippen molar-refractivity contribution in [3.05, 3.63) is 81.9 Å². The van der Waals surface area contributed by atoms with E-state index in [4.69, 9.17) is 16.3 Å². The number of nitrogens with one attached hydrogen (secondary N) is 3. The van der Waals surface area contributed by atoms with Gasteiger partial charge in [-0.05, 0) is 78.9 Å². The van der Waals surface area contributed by atoms with Crippen LogP contribution < -0.4 is 15.4 Å². The van der Waals surface area contributed by atoms with E-state index in [1.165, 1.54) is 7.11 Å². The number of sulfonamides is 1. The van der Waals surface area contributed by atoms with Crippen molar-refractivity contribution in [2.24, 2.45) is 0 Å². The molecule has 0 saturated carbocycles. The Morgan fingerprint density at radius 1 is 0.946 bits per heavy atom. The molecule has 1 saturated heterocycles. The highest BCUT2D eigenvalue weighted by Gasteiger charge is 2.47. The average molecular weight is 542 g/mol. The molecule has 4 rings (SSSR count). The SMILES string of the molecule is COC(=O)C1(NC(=O)c2ccc(-c3cccc(NS(=O)(=O)c4cc(C)c(Cl)cc4C)c3)cc2C)CNC1. The number of esters is 1. The van der Waals surface area contributed by atoms with Gasteiger partial charge in [0.2, 0.25) is 0 Å². The van der Waals surface area contributed by atoms with Gasteiger partial charge >= 0.3 is 5.97 Å². The van der Waals surface area contributed by atoms with Gasteiger partial charge in [0.05, 0.1) is 12.0 Å². The van der Waals surface area contributed by atoms with Gasteiger partial charge in [0.1, 0.15) is 0 Å². The number of methoxy groups -OCH3 is 1. The Labute approximate surface area is 221 Å². The summed E-state index contributed by atoms with van der Waals surface area (Å²) in [5, 5.41) is 6.30. The third-order valence-electron chi connectivity index (χ3n) is 6.45. The molecule has 3 aromatic carbocycles. The summed E-state index contributed by atoms with van der Waals surface area (Å²) < 4.78 is 33.7. The molecular formula is C27H28ClN3O5S. The van der Waals surface area contributed by atoms with Gasteiger partial charge in [-0.15, -0.1) is 0 Å². The van der Waals surface area contributed by atoms with Crippen LogP contribution in [0, 0.1) is 20.8 Å². The van der Waals surface area contributed by atoms with Crippen molar-refractivity contribution < 1.29 is 22.7 Å². The molecule has 1 aliphatic rings. The second-order valence-electron chi connectivity index (χ2n) is 9.21. The highest BCUT2D eigenvalue weighted by atomic mass is 35.5. The average Bonchev–Trinajstić information content (AvgIpc) is 2.82. The van der Waals surface area contributed by atoms with E-state index in [1.807, 2.05) is 12.1 Å². The highest BCUT2D eigenvalue weighted by molar-refractivity contribution is 7.92. The van der Waals surface area contributed by atoms with Gasteiger partial charge in [-0.3, -0.25) is 9.52 Å². The maximum Gasteiger partial charge on any atom is 0.334 e. The standard InChI is InChI=1S/C27H28ClN3O5S/c1-16-10-20(8-9-22(16)25(32)30-27(14-29-15-27)26(33)36-4)19-6-5-7-21(13-19)31-37(34,35)24-12-17(2)23(28)11-18(24)3/h5-13,29,31H,14-15H2,1-4H3,(H,30,32). The molecule has 3 N–H and O–H groups in total. The minimum atomic E-state index is -3.84. The van der Waals surface area contributed by atoms with Crippen molar-refractivity contribution >= 4 is 39.2 Å². The minimum Gasteiger partial charge on any atom is -0.467 e. The highest BCUT2D eigenvalue weighted by Crippen LogP contribution is 2.29. The number of halogens is 1. The van der Waals surface area contributed by atoms with Gasteiger partial charge in [-0.1, -0.05) is 35.9 Å². The lowest BCUT2D eigenvalue weighted by molar-refractivity contribution is -0.150. The summed E-state index contributed by atoms with van der Waals surface area (Å²) in [6.45, 7) is 5.87. The van der Waals surface area contributed by atoms with Crippen LogP contribution in [0.15, 0.2) is 59.5 Å². The number of aryl methyl sites for hydroxylation is 3. The first-order chi connectivity index (χ1) is 17.5. The second-order valence-corrected chi connectivity index (χ2v) is 11.3. The van der Waals surface area contributed by atoms with Crippen LogP contribution in [-0.4, -0.2) is 46.0 Å².